The van der Waals surface area contributed by atoms with Gasteiger partial charge in [-0.15, -0.1) is 11.3 Å². The zero-order chi connectivity index (χ0) is 24.9. The maximum absolute atomic E-state index is 12.7. The molecule has 13 heteroatoms. The lowest BCUT2D eigenvalue weighted by atomic mass is 10.0. The van der Waals surface area contributed by atoms with E-state index in [2.05, 4.69) is 0 Å². The van der Waals surface area contributed by atoms with Gasteiger partial charge in [0.05, 0.1) is 33.7 Å². The number of nitrogens with zero attached hydrogens (tertiary/aromatic N) is 4. The summed E-state index contributed by atoms with van der Waals surface area (Å²) in [6.07, 6.45) is 0.321. The number of benzene rings is 1. The fraction of sp³-hybridized carbons (Fsp3) is 0.200. The Balaban J connectivity index is 2.51. The van der Waals surface area contributed by atoms with Crippen LogP contribution >= 0.6 is 11.3 Å². The Morgan fingerprint density at radius 2 is 1.91 bits per heavy atom. The highest BCUT2D eigenvalue weighted by Gasteiger charge is 2.26. The van der Waals surface area contributed by atoms with Crippen LogP contribution in [-0.2, 0) is 16.0 Å². The standard InChI is InChI=1S/C20H14N4O8S/c1-3-32-20(27)19-10(2)14(9-22)17(33-19)7-16(25)12(8-21)4-11-5-13(23(28)29)6-15(18(11)26)24(30)31/h4-6,26H,3,7H2,1-2H3/b12-4+. The van der Waals surface area contributed by atoms with Crippen LogP contribution in [-0.4, -0.2) is 33.3 Å². The lowest BCUT2D eigenvalue weighted by Crippen LogP contribution is -2.05. The highest BCUT2D eigenvalue weighted by molar-refractivity contribution is 7.14. The number of hydrogen-bond donors (Lipinski definition) is 1. The number of carbonyl (C=O) groups is 2. The Morgan fingerprint density at radius 1 is 1.24 bits per heavy atom. The minimum Gasteiger partial charge on any atom is -0.502 e. The van der Waals surface area contributed by atoms with E-state index in [0.717, 1.165) is 23.5 Å². The van der Waals surface area contributed by atoms with Gasteiger partial charge in [0, 0.05) is 22.9 Å². The van der Waals surface area contributed by atoms with E-state index < -0.39 is 56.3 Å². The summed E-state index contributed by atoms with van der Waals surface area (Å²) in [7, 11) is 0. The normalized spacial score (nSPS) is 10.7. The van der Waals surface area contributed by atoms with E-state index >= 15 is 0 Å². The molecule has 2 rings (SSSR count). The van der Waals surface area contributed by atoms with Crippen molar-refractivity contribution < 1.29 is 29.3 Å². The number of non-ortho nitro benzene ring substituents is 1. The minimum absolute atomic E-state index is 0.0718. The van der Waals surface area contributed by atoms with Crippen LogP contribution in [0.1, 0.15) is 38.2 Å². The number of nitro groups is 2. The molecule has 1 heterocycles. The summed E-state index contributed by atoms with van der Waals surface area (Å²) in [5.74, 6) is -2.46. The highest BCUT2D eigenvalue weighted by Crippen LogP contribution is 2.36. The van der Waals surface area contributed by atoms with Crippen molar-refractivity contribution in [2.24, 2.45) is 0 Å². The summed E-state index contributed by atoms with van der Waals surface area (Å²) in [5.41, 5.74) is -2.36. The average molecular weight is 470 g/mol. The van der Waals surface area contributed by atoms with Gasteiger partial charge in [-0.05, 0) is 25.5 Å². The molecule has 0 saturated heterocycles. The summed E-state index contributed by atoms with van der Waals surface area (Å²) in [6.45, 7) is 3.22. The van der Waals surface area contributed by atoms with E-state index in [4.69, 9.17) is 4.74 Å². The number of phenolic OH excluding ortho intramolecular Hbond substituents is 1. The molecule has 0 amide bonds. The number of nitro benzene ring substituents is 2. The van der Waals surface area contributed by atoms with Crippen LogP contribution in [0.3, 0.4) is 0 Å². The molecule has 168 valence electrons. The molecule has 0 aliphatic heterocycles. The lowest BCUT2D eigenvalue weighted by Gasteiger charge is -2.03. The molecule has 0 unspecified atom stereocenters. The zero-order valence-corrected chi connectivity index (χ0v) is 18.0. The molecule has 0 radical (unpaired) electrons. The molecule has 0 atom stereocenters. The van der Waals surface area contributed by atoms with Gasteiger partial charge in [-0.3, -0.25) is 25.0 Å². The first kappa shape index (κ1) is 24.6. The number of aromatic hydroxyl groups is 1. The first-order chi connectivity index (χ1) is 15.5. The quantitative estimate of drug-likeness (QED) is 0.196. The van der Waals surface area contributed by atoms with Crippen molar-refractivity contribution in [1.82, 2.24) is 0 Å². The monoisotopic (exact) mass is 470 g/mol. The van der Waals surface area contributed by atoms with Crippen molar-refractivity contribution in [3.63, 3.8) is 0 Å². The molecule has 0 spiro atoms. The molecule has 0 bridgehead atoms. The largest absolute Gasteiger partial charge is 0.502 e. The van der Waals surface area contributed by atoms with Crippen molar-refractivity contribution >= 4 is 40.5 Å². The third kappa shape index (κ3) is 5.17. The number of thiophene rings is 1. The molecule has 1 aromatic heterocycles. The van der Waals surface area contributed by atoms with E-state index in [-0.39, 0.29) is 21.9 Å². The number of hydrogen-bond acceptors (Lipinski definition) is 11. The van der Waals surface area contributed by atoms with Gasteiger partial charge in [0.1, 0.15) is 17.0 Å². The topological polar surface area (TPSA) is 197 Å². The second-order valence-corrected chi connectivity index (χ2v) is 7.48. The summed E-state index contributed by atoms with van der Waals surface area (Å²) in [5, 5.41) is 51.1. The average Bonchev–Trinajstić information content (AvgIpc) is 3.07. The third-order valence-electron chi connectivity index (χ3n) is 4.35. The maximum atomic E-state index is 12.7. The van der Waals surface area contributed by atoms with E-state index in [1.165, 1.54) is 6.92 Å². The number of rotatable bonds is 8. The van der Waals surface area contributed by atoms with Gasteiger partial charge in [0.15, 0.2) is 5.78 Å². The van der Waals surface area contributed by atoms with Crippen molar-refractivity contribution in [3.8, 4) is 17.9 Å². The zero-order valence-electron chi connectivity index (χ0n) is 17.1. The van der Waals surface area contributed by atoms with Crippen molar-refractivity contribution in [2.75, 3.05) is 6.61 Å². The van der Waals surface area contributed by atoms with Gasteiger partial charge in [0.25, 0.3) is 5.69 Å². The van der Waals surface area contributed by atoms with Crippen molar-refractivity contribution in [3.05, 3.63) is 64.4 Å². The number of nitriles is 2. The number of carbonyl (C=O) groups excluding carboxylic acids is 2. The van der Waals surface area contributed by atoms with E-state index in [9.17, 15) is 45.4 Å². The molecule has 0 aliphatic rings. The second kappa shape index (κ2) is 10.1. The Kier molecular flexibility index (Phi) is 7.56. The molecular formula is C20H14N4O8S. The summed E-state index contributed by atoms with van der Waals surface area (Å²) >= 11 is 0.855. The third-order valence-corrected chi connectivity index (χ3v) is 5.62. The molecule has 0 fully saturated rings. The predicted molar refractivity (Wildman–Crippen MR) is 113 cm³/mol. The van der Waals surface area contributed by atoms with Crippen LogP contribution in [0.2, 0.25) is 0 Å². The van der Waals surface area contributed by atoms with Gasteiger partial charge < -0.3 is 9.84 Å². The van der Waals surface area contributed by atoms with Gasteiger partial charge in [-0.25, -0.2) is 4.79 Å². The van der Waals surface area contributed by atoms with Crippen molar-refractivity contribution in [1.29, 1.82) is 10.5 Å². The van der Waals surface area contributed by atoms with Crippen LogP contribution in [0.25, 0.3) is 6.08 Å². The molecule has 1 aromatic carbocycles. The number of ether oxygens (including phenoxy) is 1. The SMILES string of the molecule is CCOC(=O)c1sc(CC(=O)/C(C#N)=C/c2cc([N+](=O)[O-])cc([N+](=O)[O-])c2O)c(C#N)c1C. The summed E-state index contributed by atoms with van der Waals surface area (Å²) in [6, 6.07) is 4.81. The Labute approximate surface area is 189 Å². The highest BCUT2D eigenvalue weighted by atomic mass is 32.1. The van der Waals surface area contributed by atoms with Gasteiger partial charge >= 0.3 is 11.7 Å². The Bertz CT molecular complexity index is 1300. The van der Waals surface area contributed by atoms with Gasteiger partial charge in [-0.1, -0.05) is 0 Å². The van der Waals surface area contributed by atoms with Crippen molar-refractivity contribution in [2.45, 2.75) is 20.3 Å². The predicted octanol–water partition coefficient (Wildman–Crippen LogP) is 3.35. The van der Waals surface area contributed by atoms with Crippen LogP contribution in [0.5, 0.6) is 5.75 Å². The summed E-state index contributed by atoms with van der Waals surface area (Å²) < 4.78 is 4.92. The fourth-order valence-corrected chi connectivity index (χ4v) is 3.94. The Morgan fingerprint density at radius 3 is 2.42 bits per heavy atom. The van der Waals surface area contributed by atoms with E-state index in [0.29, 0.717) is 11.6 Å². The number of Topliss-reactive ketones (excluding diaryl/α,β-unsaturated/α-hetero) is 1. The Hall–Kier alpha value is -4.62. The smallest absolute Gasteiger partial charge is 0.348 e. The number of allylic oxidation sites excluding steroid dienone is 1. The van der Waals surface area contributed by atoms with Crippen LogP contribution in [0.15, 0.2) is 17.7 Å². The minimum atomic E-state index is -1.04. The molecular weight excluding hydrogens is 456 g/mol. The molecule has 2 aromatic rings. The molecule has 33 heavy (non-hydrogen) atoms. The first-order valence-electron chi connectivity index (χ1n) is 9.05. The molecule has 0 saturated carbocycles. The number of ketones is 1. The van der Waals surface area contributed by atoms with E-state index in [1.807, 2.05) is 6.07 Å². The number of esters is 1. The molecule has 1 N–H and O–H groups in total. The van der Waals surface area contributed by atoms with Gasteiger partial charge in [0.2, 0.25) is 5.75 Å². The van der Waals surface area contributed by atoms with Gasteiger partial charge in [-0.2, -0.15) is 10.5 Å². The summed E-state index contributed by atoms with van der Waals surface area (Å²) in [4.78, 5) is 45.3. The van der Waals surface area contributed by atoms with Crippen LogP contribution < -0.4 is 0 Å². The molecule has 12 nitrogen and oxygen atoms in total. The first-order valence-corrected chi connectivity index (χ1v) is 9.87. The fourth-order valence-electron chi connectivity index (χ4n) is 2.79. The molecule has 0 aliphatic carbocycles. The maximum Gasteiger partial charge on any atom is 0.348 e. The van der Waals surface area contributed by atoms with Crippen LogP contribution in [0, 0.1) is 49.8 Å². The van der Waals surface area contributed by atoms with E-state index in [1.54, 1.807) is 13.0 Å². The lowest BCUT2D eigenvalue weighted by molar-refractivity contribution is -0.394. The van der Waals surface area contributed by atoms with Crippen LogP contribution in [0.4, 0.5) is 11.4 Å². The second-order valence-electron chi connectivity index (χ2n) is 6.37. The number of phenols is 1.